The van der Waals surface area contributed by atoms with Crippen molar-refractivity contribution in [1.29, 1.82) is 0 Å². The maximum Gasteiger partial charge on any atom is 0.296 e. The van der Waals surface area contributed by atoms with Crippen molar-refractivity contribution in [2.45, 2.75) is 26.2 Å². The van der Waals surface area contributed by atoms with E-state index in [1.54, 1.807) is 6.07 Å². The Kier molecular flexibility index (Phi) is 3.86. The van der Waals surface area contributed by atoms with E-state index in [-0.39, 0.29) is 12.5 Å². The first-order valence-corrected chi connectivity index (χ1v) is 6.04. The Morgan fingerprint density at radius 1 is 1.33 bits per heavy atom. The van der Waals surface area contributed by atoms with Gasteiger partial charge in [0.25, 0.3) is 5.69 Å². The number of nitro groups is 1. The fourth-order valence-corrected chi connectivity index (χ4v) is 1.82. The zero-order valence-electron chi connectivity index (χ0n) is 10.3. The summed E-state index contributed by atoms with van der Waals surface area (Å²) in [5.74, 6) is 0.986. The second-order valence-electron chi connectivity index (χ2n) is 4.11. The standard InChI is InChI=1S/C12H16N2O4/c1-2-3-4-5-13-9-6-11-12(18-8-17-11)7-10(9)14(15)16/h6-7,13H,2-5,8H2,1H3. The van der Waals surface area contributed by atoms with E-state index in [1.807, 2.05) is 0 Å². The third kappa shape index (κ3) is 2.64. The number of benzene rings is 1. The molecule has 0 spiro atoms. The number of nitro benzene ring substituents is 1. The highest BCUT2D eigenvalue weighted by Crippen LogP contribution is 2.40. The topological polar surface area (TPSA) is 73.6 Å². The summed E-state index contributed by atoms with van der Waals surface area (Å²) in [4.78, 5) is 10.6. The van der Waals surface area contributed by atoms with Crippen LogP contribution in [0.4, 0.5) is 11.4 Å². The average molecular weight is 252 g/mol. The van der Waals surface area contributed by atoms with Crippen LogP contribution < -0.4 is 14.8 Å². The molecule has 1 aromatic carbocycles. The highest BCUT2D eigenvalue weighted by Gasteiger charge is 2.22. The van der Waals surface area contributed by atoms with Gasteiger partial charge >= 0.3 is 0 Å². The van der Waals surface area contributed by atoms with Gasteiger partial charge in [-0.3, -0.25) is 10.1 Å². The van der Waals surface area contributed by atoms with Gasteiger partial charge in [0.1, 0.15) is 5.69 Å². The number of hydrogen-bond donors (Lipinski definition) is 1. The lowest BCUT2D eigenvalue weighted by molar-refractivity contribution is -0.384. The number of hydrogen-bond acceptors (Lipinski definition) is 5. The predicted molar refractivity (Wildman–Crippen MR) is 67.2 cm³/mol. The normalized spacial score (nSPS) is 12.5. The Morgan fingerprint density at radius 3 is 2.72 bits per heavy atom. The van der Waals surface area contributed by atoms with Crippen LogP contribution in [0.1, 0.15) is 26.2 Å². The third-order valence-electron chi connectivity index (χ3n) is 2.78. The van der Waals surface area contributed by atoms with Crippen molar-refractivity contribution >= 4 is 11.4 Å². The second kappa shape index (κ2) is 5.57. The molecule has 6 heteroatoms. The SMILES string of the molecule is CCCCCNc1cc2c(cc1[N+](=O)[O-])OCO2. The van der Waals surface area contributed by atoms with Gasteiger partial charge in [-0.25, -0.2) is 0 Å². The molecule has 0 bridgehead atoms. The van der Waals surface area contributed by atoms with Crippen LogP contribution in [0.5, 0.6) is 11.5 Å². The molecule has 0 radical (unpaired) electrons. The summed E-state index contributed by atoms with van der Waals surface area (Å²) in [6.07, 6.45) is 3.21. The number of nitrogens with zero attached hydrogens (tertiary/aromatic N) is 1. The molecule has 1 aromatic rings. The molecule has 1 heterocycles. The zero-order valence-corrected chi connectivity index (χ0v) is 10.3. The molecule has 0 unspecified atom stereocenters. The van der Waals surface area contributed by atoms with E-state index in [4.69, 9.17) is 9.47 Å². The molecule has 98 valence electrons. The van der Waals surface area contributed by atoms with Crippen LogP contribution in [0.25, 0.3) is 0 Å². The Balaban J connectivity index is 2.14. The first-order valence-electron chi connectivity index (χ1n) is 6.04. The van der Waals surface area contributed by atoms with Crippen molar-refractivity contribution in [2.24, 2.45) is 0 Å². The summed E-state index contributed by atoms with van der Waals surface area (Å²) in [6.45, 7) is 2.95. The summed E-state index contributed by atoms with van der Waals surface area (Å²) in [5, 5.41) is 14.1. The average Bonchev–Trinajstić information content (AvgIpc) is 2.80. The van der Waals surface area contributed by atoms with Gasteiger partial charge in [0.2, 0.25) is 6.79 Å². The molecule has 1 aliphatic rings. The fourth-order valence-electron chi connectivity index (χ4n) is 1.82. The monoisotopic (exact) mass is 252 g/mol. The van der Waals surface area contributed by atoms with Crippen LogP contribution in [-0.2, 0) is 0 Å². The number of fused-ring (bicyclic) bond motifs is 1. The van der Waals surface area contributed by atoms with E-state index in [1.165, 1.54) is 6.07 Å². The van der Waals surface area contributed by atoms with Crippen LogP contribution in [-0.4, -0.2) is 18.3 Å². The molecule has 1 N–H and O–H groups in total. The zero-order chi connectivity index (χ0) is 13.0. The van der Waals surface area contributed by atoms with Crippen molar-refractivity contribution in [1.82, 2.24) is 0 Å². The number of ether oxygens (including phenoxy) is 2. The number of unbranched alkanes of at least 4 members (excludes halogenated alkanes) is 2. The lowest BCUT2D eigenvalue weighted by Gasteiger charge is -2.07. The predicted octanol–water partition coefficient (Wildman–Crippen LogP) is 2.93. The molecule has 0 aliphatic carbocycles. The first kappa shape index (κ1) is 12.5. The molecule has 2 rings (SSSR count). The molecule has 0 atom stereocenters. The number of rotatable bonds is 6. The van der Waals surface area contributed by atoms with Crippen LogP contribution in [0.3, 0.4) is 0 Å². The molecular formula is C12H16N2O4. The molecule has 18 heavy (non-hydrogen) atoms. The molecule has 0 aromatic heterocycles. The van der Waals surface area contributed by atoms with Crippen LogP contribution >= 0.6 is 0 Å². The minimum atomic E-state index is -0.413. The van der Waals surface area contributed by atoms with E-state index in [0.717, 1.165) is 19.3 Å². The summed E-state index contributed by atoms with van der Waals surface area (Å²) < 4.78 is 10.3. The van der Waals surface area contributed by atoms with E-state index < -0.39 is 4.92 Å². The molecule has 0 saturated carbocycles. The molecule has 1 aliphatic heterocycles. The van der Waals surface area contributed by atoms with E-state index in [9.17, 15) is 10.1 Å². The fraction of sp³-hybridized carbons (Fsp3) is 0.500. The smallest absolute Gasteiger partial charge is 0.296 e. The van der Waals surface area contributed by atoms with Crippen molar-refractivity contribution in [3.8, 4) is 11.5 Å². The maximum absolute atomic E-state index is 11.0. The Labute approximate surface area is 105 Å². The summed E-state index contributed by atoms with van der Waals surface area (Å²) in [7, 11) is 0. The second-order valence-corrected chi connectivity index (χ2v) is 4.11. The minimum Gasteiger partial charge on any atom is -0.454 e. The molecule has 6 nitrogen and oxygen atoms in total. The molecule has 0 amide bonds. The summed E-state index contributed by atoms with van der Waals surface area (Å²) in [6, 6.07) is 3.04. The van der Waals surface area contributed by atoms with Crippen molar-refractivity contribution in [3.05, 3.63) is 22.2 Å². The first-order chi connectivity index (χ1) is 8.72. The number of nitrogens with one attached hydrogen (secondary N) is 1. The Hall–Kier alpha value is -1.98. The lowest BCUT2D eigenvalue weighted by atomic mass is 10.2. The van der Waals surface area contributed by atoms with Crippen molar-refractivity contribution in [2.75, 3.05) is 18.7 Å². The van der Waals surface area contributed by atoms with Crippen molar-refractivity contribution in [3.63, 3.8) is 0 Å². The van der Waals surface area contributed by atoms with Crippen LogP contribution in [0.15, 0.2) is 12.1 Å². The summed E-state index contributed by atoms with van der Waals surface area (Å²) in [5.41, 5.74) is 0.510. The van der Waals surface area contributed by atoms with Gasteiger partial charge in [0.05, 0.1) is 11.0 Å². The van der Waals surface area contributed by atoms with Gasteiger partial charge in [-0.2, -0.15) is 0 Å². The largest absolute Gasteiger partial charge is 0.454 e. The Morgan fingerprint density at radius 2 is 2.06 bits per heavy atom. The highest BCUT2D eigenvalue weighted by atomic mass is 16.7. The van der Waals surface area contributed by atoms with E-state index in [2.05, 4.69) is 12.2 Å². The Bertz CT molecular complexity index is 448. The van der Waals surface area contributed by atoms with Gasteiger partial charge in [0, 0.05) is 12.6 Å². The number of anilines is 1. The quantitative estimate of drug-likeness (QED) is 0.478. The van der Waals surface area contributed by atoms with E-state index >= 15 is 0 Å². The minimum absolute atomic E-state index is 0.0238. The molecular weight excluding hydrogens is 236 g/mol. The molecule has 0 saturated heterocycles. The highest BCUT2D eigenvalue weighted by molar-refractivity contribution is 5.68. The third-order valence-corrected chi connectivity index (χ3v) is 2.78. The van der Waals surface area contributed by atoms with Gasteiger partial charge in [-0.1, -0.05) is 19.8 Å². The van der Waals surface area contributed by atoms with Gasteiger partial charge < -0.3 is 14.8 Å². The van der Waals surface area contributed by atoms with Gasteiger partial charge in [-0.15, -0.1) is 0 Å². The van der Waals surface area contributed by atoms with Crippen LogP contribution in [0.2, 0.25) is 0 Å². The van der Waals surface area contributed by atoms with E-state index in [0.29, 0.717) is 23.7 Å². The van der Waals surface area contributed by atoms with Gasteiger partial charge in [-0.05, 0) is 6.42 Å². The van der Waals surface area contributed by atoms with Crippen LogP contribution in [0, 0.1) is 10.1 Å². The maximum atomic E-state index is 11.0. The van der Waals surface area contributed by atoms with Gasteiger partial charge in [0.15, 0.2) is 11.5 Å². The van der Waals surface area contributed by atoms with Crippen molar-refractivity contribution < 1.29 is 14.4 Å². The molecule has 0 fully saturated rings. The summed E-state index contributed by atoms with van der Waals surface area (Å²) >= 11 is 0. The lowest BCUT2D eigenvalue weighted by Crippen LogP contribution is -2.04.